The van der Waals surface area contributed by atoms with Gasteiger partial charge in [0, 0.05) is 30.5 Å². The Hall–Kier alpha value is -2.48. The Balaban J connectivity index is 1.56. The highest BCUT2D eigenvalue weighted by molar-refractivity contribution is 7.15. The molecule has 0 atom stereocenters. The van der Waals surface area contributed by atoms with Crippen LogP contribution in [-0.4, -0.2) is 25.1 Å². The molecular weight excluding hydrogens is 302 g/mol. The number of thiazole rings is 1. The summed E-state index contributed by atoms with van der Waals surface area (Å²) >= 11 is 1.35. The van der Waals surface area contributed by atoms with Gasteiger partial charge in [-0.05, 0) is 18.8 Å². The van der Waals surface area contributed by atoms with Crippen LogP contribution >= 0.6 is 11.3 Å². The van der Waals surface area contributed by atoms with E-state index in [4.69, 9.17) is 0 Å². The summed E-state index contributed by atoms with van der Waals surface area (Å²) < 4.78 is 3.19. The van der Waals surface area contributed by atoms with Gasteiger partial charge in [0.2, 0.25) is 0 Å². The quantitative estimate of drug-likeness (QED) is 0.793. The van der Waals surface area contributed by atoms with Crippen molar-refractivity contribution in [3.63, 3.8) is 0 Å². The van der Waals surface area contributed by atoms with Gasteiger partial charge in [-0.2, -0.15) is 5.10 Å². The van der Waals surface area contributed by atoms with Crippen LogP contribution in [0.3, 0.4) is 0 Å². The predicted molar refractivity (Wildman–Crippen MR) is 82.2 cm³/mol. The van der Waals surface area contributed by atoms with Crippen molar-refractivity contribution < 1.29 is 4.79 Å². The Bertz CT molecular complexity index is 905. The van der Waals surface area contributed by atoms with Crippen molar-refractivity contribution >= 4 is 27.9 Å². The molecule has 1 aliphatic rings. The monoisotopic (exact) mass is 315 g/mol. The van der Waals surface area contributed by atoms with Gasteiger partial charge in [0.25, 0.3) is 11.5 Å². The number of aromatic nitrogens is 4. The number of anilines is 1. The molecule has 3 heterocycles. The fourth-order valence-corrected chi connectivity index (χ4v) is 2.95. The van der Waals surface area contributed by atoms with Gasteiger partial charge in [0.15, 0.2) is 4.96 Å². The second-order valence-corrected chi connectivity index (χ2v) is 6.25. The van der Waals surface area contributed by atoms with Crippen LogP contribution in [0.4, 0.5) is 5.69 Å². The molecule has 0 unspecified atom stereocenters. The molecule has 0 bridgehead atoms. The second-order valence-electron chi connectivity index (χ2n) is 5.38. The molecular formula is C14H13N5O2S. The van der Waals surface area contributed by atoms with E-state index in [1.807, 2.05) is 4.68 Å². The molecule has 1 amide bonds. The largest absolute Gasteiger partial charge is 0.319 e. The van der Waals surface area contributed by atoms with Crippen molar-refractivity contribution in [1.29, 1.82) is 0 Å². The second kappa shape index (κ2) is 5.06. The molecule has 4 rings (SSSR count). The van der Waals surface area contributed by atoms with Gasteiger partial charge in [0.1, 0.15) is 5.56 Å². The minimum Gasteiger partial charge on any atom is -0.319 e. The molecule has 7 nitrogen and oxygen atoms in total. The minimum atomic E-state index is -0.468. The maximum Gasteiger partial charge on any atom is 0.271 e. The van der Waals surface area contributed by atoms with Crippen molar-refractivity contribution in [3.05, 3.63) is 46.1 Å². The van der Waals surface area contributed by atoms with Crippen LogP contribution in [0, 0.1) is 5.92 Å². The van der Waals surface area contributed by atoms with E-state index in [1.165, 1.54) is 34.8 Å². The Morgan fingerprint density at radius 3 is 3.09 bits per heavy atom. The van der Waals surface area contributed by atoms with Crippen LogP contribution < -0.4 is 10.9 Å². The van der Waals surface area contributed by atoms with Gasteiger partial charge < -0.3 is 5.32 Å². The zero-order valence-corrected chi connectivity index (χ0v) is 12.4. The summed E-state index contributed by atoms with van der Waals surface area (Å²) in [6, 6.07) is 0. The van der Waals surface area contributed by atoms with Crippen molar-refractivity contribution in [2.45, 2.75) is 19.4 Å². The molecule has 1 N–H and O–H groups in total. The molecule has 1 aliphatic carbocycles. The molecule has 22 heavy (non-hydrogen) atoms. The Kier molecular flexibility index (Phi) is 3.04. The molecule has 0 aliphatic heterocycles. The number of nitrogens with zero attached hydrogens (tertiary/aromatic N) is 4. The zero-order chi connectivity index (χ0) is 15.1. The number of rotatable bonds is 4. The topological polar surface area (TPSA) is 81.3 Å². The fourth-order valence-electron chi connectivity index (χ4n) is 2.27. The van der Waals surface area contributed by atoms with Gasteiger partial charge in [-0.25, -0.2) is 4.98 Å². The highest BCUT2D eigenvalue weighted by atomic mass is 32.1. The van der Waals surface area contributed by atoms with E-state index in [2.05, 4.69) is 15.4 Å². The Labute approximate surface area is 129 Å². The van der Waals surface area contributed by atoms with E-state index >= 15 is 0 Å². The van der Waals surface area contributed by atoms with Gasteiger partial charge in [-0.1, -0.05) is 0 Å². The van der Waals surface area contributed by atoms with Crippen molar-refractivity contribution in [3.8, 4) is 0 Å². The minimum absolute atomic E-state index is 0.0193. The van der Waals surface area contributed by atoms with Crippen LogP contribution in [-0.2, 0) is 6.54 Å². The molecule has 3 aromatic rings. The van der Waals surface area contributed by atoms with Crippen LogP contribution in [0.1, 0.15) is 23.2 Å². The molecule has 0 saturated heterocycles. The zero-order valence-electron chi connectivity index (χ0n) is 11.6. The molecule has 0 spiro atoms. The first kappa shape index (κ1) is 13.2. The molecule has 3 aromatic heterocycles. The normalized spacial score (nSPS) is 14.4. The summed E-state index contributed by atoms with van der Waals surface area (Å²) in [7, 11) is 0. The molecule has 0 aromatic carbocycles. The first-order valence-electron chi connectivity index (χ1n) is 6.99. The first-order valence-corrected chi connectivity index (χ1v) is 7.87. The lowest BCUT2D eigenvalue weighted by Crippen LogP contribution is -2.25. The number of hydrogen-bond acceptors (Lipinski definition) is 5. The number of hydrogen-bond donors (Lipinski definition) is 1. The van der Waals surface area contributed by atoms with E-state index in [0.717, 1.165) is 6.54 Å². The third-order valence-electron chi connectivity index (χ3n) is 3.62. The van der Waals surface area contributed by atoms with Crippen molar-refractivity contribution in [1.82, 2.24) is 19.2 Å². The molecule has 1 saturated carbocycles. The van der Waals surface area contributed by atoms with Crippen LogP contribution in [0.5, 0.6) is 0 Å². The van der Waals surface area contributed by atoms with Crippen LogP contribution in [0.25, 0.3) is 4.96 Å². The highest BCUT2D eigenvalue weighted by Crippen LogP contribution is 2.30. The van der Waals surface area contributed by atoms with Crippen LogP contribution in [0.15, 0.2) is 35.0 Å². The standard InChI is InChI=1S/C14H13N5O2S/c20-12(11-6-15-14-19(13(11)21)3-4-22-14)17-10-5-16-18(8-10)7-9-1-2-9/h3-6,8-9H,1-2,7H2,(H,17,20). The number of nitrogens with one attached hydrogen (secondary N) is 1. The number of amides is 1. The third kappa shape index (κ3) is 2.41. The van der Waals surface area contributed by atoms with E-state index in [9.17, 15) is 9.59 Å². The maximum atomic E-state index is 12.2. The number of fused-ring (bicyclic) bond motifs is 1. The molecule has 1 fully saturated rings. The summed E-state index contributed by atoms with van der Waals surface area (Å²) in [5.74, 6) is 0.238. The van der Waals surface area contributed by atoms with Gasteiger partial charge >= 0.3 is 0 Å². The summed E-state index contributed by atoms with van der Waals surface area (Å²) in [5, 5.41) is 8.67. The van der Waals surface area contributed by atoms with Crippen molar-refractivity contribution in [2.24, 2.45) is 5.92 Å². The molecule has 8 heteroatoms. The van der Waals surface area contributed by atoms with Gasteiger partial charge in [-0.15, -0.1) is 11.3 Å². The van der Waals surface area contributed by atoms with Crippen molar-refractivity contribution in [2.75, 3.05) is 5.32 Å². The predicted octanol–water partition coefficient (Wildman–Crippen LogP) is 1.61. The number of carbonyl (C=O) groups is 1. The molecule has 112 valence electrons. The van der Waals surface area contributed by atoms with E-state index < -0.39 is 5.91 Å². The maximum absolute atomic E-state index is 12.2. The average molecular weight is 315 g/mol. The van der Waals surface area contributed by atoms with E-state index in [1.54, 1.807) is 24.0 Å². The lowest BCUT2D eigenvalue weighted by atomic mass is 10.3. The van der Waals surface area contributed by atoms with E-state index in [0.29, 0.717) is 16.6 Å². The Morgan fingerprint density at radius 1 is 1.41 bits per heavy atom. The van der Waals surface area contributed by atoms with Crippen LogP contribution in [0.2, 0.25) is 0 Å². The average Bonchev–Trinajstić information content (AvgIpc) is 2.99. The fraction of sp³-hybridized carbons (Fsp3) is 0.286. The van der Waals surface area contributed by atoms with E-state index in [-0.39, 0.29) is 11.1 Å². The summed E-state index contributed by atoms with van der Waals surface area (Å²) in [6.07, 6.45) is 8.78. The summed E-state index contributed by atoms with van der Waals surface area (Å²) in [5.41, 5.74) is 0.237. The lowest BCUT2D eigenvalue weighted by molar-refractivity contribution is 0.102. The number of carbonyl (C=O) groups excluding carboxylic acids is 1. The lowest BCUT2D eigenvalue weighted by Gasteiger charge is -2.02. The third-order valence-corrected chi connectivity index (χ3v) is 4.39. The Morgan fingerprint density at radius 2 is 2.27 bits per heavy atom. The summed E-state index contributed by atoms with van der Waals surface area (Å²) in [4.78, 5) is 29.2. The molecule has 0 radical (unpaired) electrons. The van der Waals surface area contributed by atoms with Gasteiger partial charge in [0.05, 0.1) is 11.9 Å². The summed E-state index contributed by atoms with van der Waals surface area (Å²) in [6.45, 7) is 0.876. The SMILES string of the molecule is O=C(Nc1cnn(CC2CC2)c1)c1cnc2sccn2c1=O. The highest BCUT2D eigenvalue weighted by Gasteiger charge is 2.22. The van der Waals surface area contributed by atoms with Gasteiger partial charge in [-0.3, -0.25) is 18.7 Å². The smallest absolute Gasteiger partial charge is 0.271 e. The first-order chi connectivity index (χ1) is 10.7.